The summed E-state index contributed by atoms with van der Waals surface area (Å²) in [6.45, 7) is 0. The van der Waals surface area contributed by atoms with E-state index in [1.165, 1.54) is 12.7 Å². The van der Waals surface area contributed by atoms with Gasteiger partial charge in [-0.3, -0.25) is 4.79 Å². The summed E-state index contributed by atoms with van der Waals surface area (Å²) < 4.78 is 4.58. The van der Waals surface area contributed by atoms with Crippen LogP contribution in [0.4, 0.5) is 4.79 Å². The van der Waals surface area contributed by atoms with E-state index in [-0.39, 0.29) is 17.9 Å². The molecule has 1 aromatic rings. The predicted octanol–water partition coefficient (Wildman–Crippen LogP) is 2.60. The molecule has 0 aromatic heterocycles. The van der Waals surface area contributed by atoms with Gasteiger partial charge in [-0.1, -0.05) is 30.3 Å². The highest BCUT2D eigenvalue weighted by molar-refractivity contribution is 5.80. The number of carbonyl (C=O) groups excluding carboxylic acids is 2. The lowest BCUT2D eigenvalue weighted by Crippen LogP contribution is -2.53. The number of hydrogen-bond acceptors (Lipinski definition) is 3. The third-order valence-corrected chi connectivity index (χ3v) is 5.47. The summed E-state index contributed by atoms with van der Waals surface area (Å²) in [7, 11) is 3.28. The number of methoxy groups -OCH3 is 1. The molecule has 2 aliphatic carbocycles. The zero-order valence-corrected chi connectivity index (χ0v) is 14.4. The number of rotatable bonds is 5. The average molecular weight is 330 g/mol. The summed E-state index contributed by atoms with van der Waals surface area (Å²) in [5, 5.41) is 2.75. The number of hydrogen-bond donors (Lipinski definition) is 1. The van der Waals surface area contributed by atoms with Crippen LogP contribution in [-0.2, 0) is 16.0 Å². The van der Waals surface area contributed by atoms with Gasteiger partial charge in [0, 0.05) is 25.0 Å². The molecule has 130 valence electrons. The van der Waals surface area contributed by atoms with Gasteiger partial charge in [-0.2, -0.15) is 0 Å². The van der Waals surface area contributed by atoms with Crippen LogP contribution in [0, 0.1) is 11.8 Å². The lowest BCUT2D eigenvalue weighted by molar-refractivity contribution is -0.142. The molecule has 0 bridgehead atoms. The van der Waals surface area contributed by atoms with Crippen LogP contribution in [0.15, 0.2) is 30.3 Å². The summed E-state index contributed by atoms with van der Waals surface area (Å²) in [5.41, 5.74) is 1.38. The van der Waals surface area contributed by atoms with Crippen molar-refractivity contribution in [3.05, 3.63) is 35.9 Å². The van der Waals surface area contributed by atoms with E-state index in [4.69, 9.17) is 0 Å². The number of benzene rings is 1. The number of alkyl carbamates (subject to hydrolysis) is 1. The predicted molar refractivity (Wildman–Crippen MR) is 91.5 cm³/mol. The molecule has 2 aliphatic rings. The van der Waals surface area contributed by atoms with Crippen LogP contribution in [-0.4, -0.2) is 43.1 Å². The normalized spacial score (nSPS) is 28.2. The minimum absolute atomic E-state index is 0.0466. The van der Waals surface area contributed by atoms with Crippen LogP contribution in [0.5, 0.6) is 0 Å². The zero-order valence-electron chi connectivity index (χ0n) is 14.4. The summed E-state index contributed by atoms with van der Waals surface area (Å²) in [4.78, 5) is 25.6. The second kappa shape index (κ2) is 7.24. The number of nitrogens with zero attached hydrogens (tertiary/aromatic N) is 1. The molecule has 0 aliphatic heterocycles. The molecule has 5 heteroatoms. The Morgan fingerprint density at radius 2 is 1.83 bits per heavy atom. The van der Waals surface area contributed by atoms with Crippen molar-refractivity contribution in [2.24, 2.45) is 11.8 Å². The Bertz CT molecular complexity index is 578. The molecule has 0 unspecified atom stereocenters. The van der Waals surface area contributed by atoms with Crippen molar-refractivity contribution in [3.8, 4) is 0 Å². The first-order chi connectivity index (χ1) is 11.6. The van der Waals surface area contributed by atoms with Crippen LogP contribution in [0.25, 0.3) is 0 Å². The van der Waals surface area contributed by atoms with E-state index in [2.05, 4.69) is 34.3 Å². The van der Waals surface area contributed by atoms with E-state index < -0.39 is 6.09 Å². The van der Waals surface area contributed by atoms with Crippen molar-refractivity contribution in [3.63, 3.8) is 0 Å². The standard InChI is InChI=1S/C19H26N2O3/c1-21(18(22)15-11-16(12-15)20-19(23)24-2)17-9-14(10-17)8-13-6-4-3-5-7-13/h3-7,14-17H,8-12H2,1-2H3,(H,20,23). The first-order valence-electron chi connectivity index (χ1n) is 8.72. The van der Waals surface area contributed by atoms with Gasteiger partial charge in [-0.25, -0.2) is 4.79 Å². The molecule has 0 heterocycles. The second-order valence-corrected chi connectivity index (χ2v) is 7.13. The fourth-order valence-corrected chi connectivity index (χ4v) is 3.76. The Hall–Kier alpha value is -2.04. The lowest BCUT2D eigenvalue weighted by Gasteiger charge is -2.44. The van der Waals surface area contributed by atoms with Crippen molar-refractivity contribution >= 4 is 12.0 Å². The molecule has 0 saturated heterocycles. The Morgan fingerprint density at radius 1 is 1.17 bits per heavy atom. The van der Waals surface area contributed by atoms with Gasteiger partial charge < -0.3 is 15.0 Å². The lowest BCUT2D eigenvalue weighted by atomic mass is 9.74. The Kier molecular flexibility index (Phi) is 5.07. The number of nitrogens with one attached hydrogen (secondary N) is 1. The maximum Gasteiger partial charge on any atom is 0.407 e. The number of ether oxygens (including phenoxy) is 1. The van der Waals surface area contributed by atoms with Crippen molar-refractivity contribution in [2.45, 2.75) is 44.2 Å². The molecule has 24 heavy (non-hydrogen) atoms. The summed E-state index contributed by atoms with van der Waals surface area (Å²) in [6, 6.07) is 11.0. The van der Waals surface area contributed by atoms with Gasteiger partial charge in [-0.05, 0) is 43.6 Å². The van der Waals surface area contributed by atoms with Crippen LogP contribution in [0.1, 0.15) is 31.2 Å². The van der Waals surface area contributed by atoms with Gasteiger partial charge in [0.15, 0.2) is 0 Å². The Morgan fingerprint density at radius 3 is 2.46 bits per heavy atom. The van der Waals surface area contributed by atoms with Crippen molar-refractivity contribution in [2.75, 3.05) is 14.2 Å². The first kappa shape index (κ1) is 16.8. The molecule has 1 N–H and O–H groups in total. The molecular weight excluding hydrogens is 304 g/mol. The van der Waals surface area contributed by atoms with Crippen LogP contribution >= 0.6 is 0 Å². The molecule has 2 fully saturated rings. The van der Waals surface area contributed by atoms with Gasteiger partial charge in [0.05, 0.1) is 7.11 Å². The maximum atomic E-state index is 12.5. The van der Waals surface area contributed by atoms with Gasteiger partial charge in [0.25, 0.3) is 0 Å². The summed E-state index contributed by atoms with van der Waals surface area (Å²) in [6.07, 6.45) is 4.31. The Balaban J connectivity index is 1.38. The second-order valence-electron chi connectivity index (χ2n) is 7.13. The van der Waals surface area contributed by atoms with Gasteiger partial charge in [-0.15, -0.1) is 0 Å². The SMILES string of the molecule is COC(=O)NC1CC(C(=O)N(C)C2CC(Cc3ccccc3)C2)C1. The summed E-state index contributed by atoms with van der Waals surface area (Å²) in [5.74, 6) is 0.953. The van der Waals surface area contributed by atoms with E-state index in [1.54, 1.807) is 0 Å². The van der Waals surface area contributed by atoms with Gasteiger partial charge >= 0.3 is 6.09 Å². The van der Waals surface area contributed by atoms with Gasteiger partial charge in [0.1, 0.15) is 0 Å². The quantitative estimate of drug-likeness (QED) is 0.903. The molecule has 2 amide bonds. The largest absolute Gasteiger partial charge is 0.453 e. The topological polar surface area (TPSA) is 58.6 Å². The van der Waals surface area contributed by atoms with Gasteiger partial charge in [0.2, 0.25) is 5.91 Å². The third kappa shape index (κ3) is 3.71. The average Bonchev–Trinajstić information content (AvgIpc) is 2.53. The van der Waals surface area contributed by atoms with E-state index in [9.17, 15) is 9.59 Å². The Labute approximate surface area is 143 Å². The molecular formula is C19H26N2O3. The van der Waals surface area contributed by atoms with Crippen LogP contribution in [0.3, 0.4) is 0 Å². The van der Waals surface area contributed by atoms with Crippen LogP contribution < -0.4 is 5.32 Å². The molecule has 1 aromatic carbocycles. The van der Waals surface area contributed by atoms with E-state index in [0.717, 1.165) is 32.1 Å². The molecule has 3 rings (SSSR count). The number of carbonyl (C=O) groups is 2. The fraction of sp³-hybridized carbons (Fsp3) is 0.579. The smallest absolute Gasteiger partial charge is 0.407 e. The van der Waals surface area contributed by atoms with E-state index in [1.807, 2.05) is 18.0 Å². The van der Waals surface area contributed by atoms with E-state index >= 15 is 0 Å². The highest BCUT2D eigenvalue weighted by Crippen LogP contribution is 2.36. The van der Waals surface area contributed by atoms with Crippen molar-refractivity contribution in [1.82, 2.24) is 10.2 Å². The molecule has 0 radical (unpaired) electrons. The highest BCUT2D eigenvalue weighted by Gasteiger charge is 2.41. The third-order valence-electron chi connectivity index (χ3n) is 5.47. The van der Waals surface area contributed by atoms with E-state index in [0.29, 0.717) is 12.0 Å². The molecule has 2 saturated carbocycles. The zero-order chi connectivity index (χ0) is 17.1. The highest BCUT2D eigenvalue weighted by atomic mass is 16.5. The molecule has 0 atom stereocenters. The monoisotopic (exact) mass is 330 g/mol. The van der Waals surface area contributed by atoms with Crippen molar-refractivity contribution in [1.29, 1.82) is 0 Å². The van der Waals surface area contributed by atoms with Crippen molar-refractivity contribution < 1.29 is 14.3 Å². The minimum Gasteiger partial charge on any atom is -0.453 e. The maximum absolute atomic E-state index is 12.5. The van der Waals surface area contributed by atoms with Crippen LogP contribution in [0.2, 0.25) is 0 Å². The fourth-order valence-electron chi connectivity index (χ4n) is 3.76. The number of amides is 2. The minimum atomic E-state index is -0.415. The first-order valence-corrected chi connectivity index (χ1v) is 8.72. The molecule has 5 nitrogen and oxygen atoms in total. The molecule has 0 spiro atoms. The summed E-state index contributed by atoms with van der Waals surface area (Å²) >= 11 is 0.